The summed E-state index contributed by atoms with van der Waals surface area (Å²) in [6.07, 6.45) is -1.31. The van der Waals surface area contributed by atoms with Crippen molar-refractivity contribution in [3.63, 3.8) is 0 Å². The van der Waals surface area contributed by atoms with Crippen molar-refractivity contribution < 1.29 is 14.2 Å². The lowest BCUT2D eigenvalue weighted by molar-refractivity contribution is 0.00377. The molecule has 4 aromatic heterocycles. The first-order valence-corrected chi connectivity index (χ1v) is 20.5. The Balaban J connectivity index is 1.26. The van der Waals surface area contributed by atoms with Gasteiger partial charge in [0.05, 0.1) is 23.1 Å². The number of para-hydroxylation sites is 2. The van der Waals surface area contributed by atoms with Crippen LogP contribution < -0.4 is 9.47 Å². The molecular weight excluding hydrogens is 757 g/mol. The number of aromatic nitrogens is 6. The van der Waals surface area contributed by atoms with Crippen LogP contribution in [-0.4, -0.2) is 41.3 Å². The number of hydrogen-bond donors (Lipinski definition) is 0. The maximum absolute atomic E-state index is 7.33. The fourth-order valence-electron chi connectivity index (χ4n) is 7.68. The van der Waals surface area contributed by atoms with Crippen LogP contribution in [0.2, 0.25) is 0 Å². The van der Waals surface area contributed by atoms with E-state index >= 15 is 0 Å². The standard InChI is InChI=1S/C52H48N6O3/c1-33-35(3)53-51(59-43-25-17-11-18-26-43)47-49(33)57(39(7)55-47)37(5)45(31-29-41-21-13-9-14-22-41)61-46(32-30-42-23-15-10-16-24-42)38(6)58-40(8)56-48-50(58)34(2)36(4)54-52(48)60-44-27-19-12-20-28-44/h9-28,37-38,45-46H,1-8H3. The summed E-state index contributed by atoms with van der Waals surface area (Å²) in [6, 6.07) is 38.6. The normalized spacial score (nSPS) is 13.1. The van der Waals surface area contributed by atoms with Gasteiger partial charge >= 0.3 is 0 Å². The summed E-state index contributed by atoms with van der Waals surface area (Å²) in [5.74, 6) is 17.8. The molecule has 61 heavy (non-hydrogen) atoms. The zero-order valence-electron chi connectivity index (χ0n) is 35.8. The van der Waals surface area contributed by atoms with Gasteiger partial charge in [0, 0.05) is 22.5 Å². The first kappa shape index (κ1) is 40.6. The number of hydrogen-bond acceptors (Lipinski definition) is 7. The first-order chi connectivity index (χ1) is 29.6. The van der Waals surface area contributed by atoms with Gasteiger partial charge in [-0.05, 0) is 115 Å². The van der Waals surface area contributed by atoms with Crippen LogP contribution in [0.4, 0.5) is 0 Å². The van der Waals surface area contributed by atoms with Crippen LogP contribution in [-0.2, 0) is 4.74 Å². The van der Waals surface area contributed by atoms with Gasteiger partial charge in [0.15, 0.2) is 11.0 Å². The smallest absolute Gasteiger partial charge is 0.247 e. The summed E-state index contributed by atoms with van der Waals surface area (Å²) in [6.45, 7) is 16.4. The molecule has 0 radical (unpaired) electrons. The van der Waals surface area contributed by atoms with E-state index in [1.807, 2.05) is 149 Å². The minimum atomic E-state index is -0.656. The van der Waals surface area contributed by atoms with Crippen LogP contribution in [0.5, 0.6) is 23.3 Å². The molecule has 4 atom stereocenters. The van der Waals surface area contributed by atoms with Crippen molar-refractivity contribution >= 4 is 22.1 Å². The van der Waals surface area contributed by atoms with Crippen molar-refractivity contribution in [2.75, 3.05) is 0 Å². The van der Waals surface area contributed by atoms with Gasteiger partial charge in [-0.2, -0.15) is 0 Å². The van der Waals surface area contributed by atoms with Crippen LogP contribution >= 0.6 is 0 Å². The molecule has 0 aliphatic rings. The summed E-state index contributed by atoms with van der Waals surface area (Å²) in [5, 5.41) is 0. The number of fused-ring (bicyclic) bond motifs is 2. The van der Waals surface area contributed by atoms with Gasteiger partial charge in [-0.1, -0.05) is 96.5 Å². The number of nitrogens with zero attached hydrogens (tertiary/aromatic N) is 6. The Morgan fingerprint density at radius 2 is 0.803 bits per heavy atom. The summed E-state index contributed by atoms with van der Waals surface area (Å²) in [7, 11) is 0. The number of pyridine rings is 2. The molecule has 4 unspecified atom stereocenters. The third-order valence-electron chi connectivity index (χ3n) is 11.1. The monoisotopic (exact) mass is 804 g/mol. The van der Waals surface area contributed by atoms with Crippen molar-refractivity contribution in [3.8, 4) is 46.9 Å². The van der Waals surface area contributed by atoms with E-state index in [0.717, 1.165) is 56.3 Å². The van der Waals surface area contributed by atoms with Gasteiger partial charge < -0.3 is 23.3 Å². The molecular formula is C52H48N6O3. The van der Waals surface area contributed by atoms with E-state index in [1.165, 1.54) is 0 Å². The van der Waals surface area contributed by atoms with E-state index in [9.17, 15) is 0 Å². The molecule has 0 N–H and O–H groups in total. The highest BCUT2D eigenvalue weighted by molar-refractivity contribution is 5.86. The molecule has 0 aliphatic carbocycles. The fraction of sp³-hybridized carbons (Fsp3) is 0.231. The van der Waals surface area contributed by atoms with Crippen LogP contribution in [0.25, 0.3) is 22.1 Å². The van der Waals surface area contributed by atoms with Gasteiger partial charge in [-0.15, -0.1) is 0 Å². The second-order valence-electron chi connectivity index (χ2n) is 15.3. The molecule has 4 aromatic carbocycles. The van der Waals surface area contributed by atoms with Crippen LogP contribution in [0, 0.1) is 65.2 Å². The topological polar surface area (TPSA) is 89.1 Å². The van der Waals surface area contributed by atoms with Crippen LogP contribution in [0.15, 0.2) is 121 Å². The predicted octanol–water partition coefficient (Wildman–Crippen LogP) is 11.3. The lowest BCUT2D eigenvalue weighted by Crippen LogP contribution is -2.33. The maximum Gasteiger partial charge on any atom is 0.247 e. The number of benzene rings is 4. The van der Waals surface area contributed by atoms with Crippen molar-refractivity contribution in [3.05, 3.63) is 167 Å². The molecule has 8 rings (SSSR count). The molecule has 0 saturated heterocycles. The number of rotatable bonds is 10. The summed E-state index contributed by atoms with van der Waals surface area (Å²) in [4.78, 5) is 19.9. The van der Waals surface area contributed by atoms with Crippen molar-refractivity contribution in [2.24, 2.45) is 0 Å². The van der Waals surface area contributed by atoms with E-state index in [0.29, 0.717) is 34.3 Å². The maximum atomic E-state index is 7.33. The molecule has 0 fully saturated rings. The minimum absolute atomic E-state index is 0.334. The van der Waals surface area contributed by atoms with Gasteiger partial charge in [-0.25, -0.2) is 19.9 Å². The van der Waals surface area contributed by atoms with E-state index in [1.54, 1.807) is 0 Å². The highest BCUT2D eigenvalue weighted by Gasteiger charge is 2.32. The van der Waals surface area contributed by atoms with Crippen molar-refractivity contribution in [1.82, 2.24) is 29.1 Å². The fourth-order valence-corrected chi connectivity index (χ4v) is 7.68. The Bertz CT molecular complexity index is 2750. The number of ether oxygens (including phenoxy) is 3. The second-order valence-corrected chi connectivity index (χ2v) is 15.3. The molecule has 0 aliphatic heterocycles. The third-order valence-corrected chi connectivity index (χ3v) is 11.1. The number of aryl methyl sites for hydroxylation is 6. The molecule has 0 spiro atoms. The highest BCUT2D eigenvalue weighted by atomic mass is 16.5. The molecule has 304 valence electrons. The molecule has 9 heteroatoms. The summed E-state index contributed by atoms with van der Waals surface area (Å²) in [5.41, 5.74) is 8.63. The van der Waals surface area contributed by atoms with Crippen molar-refractivity contribution in [2.45, 2.75) is 79.7 Å². The van der Waals surface area contributed by atoms with Gasteiger partial charge in [0.1, 0.15) is 35.4 Å². The summed E-state index contributed by atoms with van der Waals surface area (Å²) >= 11 is 0. The zero-order chi connectivity index (χ0) is 42.6. The van der Waals surface area contributed by atoms with E-state index in [2.05, 4.69) is 60.5 Å². The average molecular weight is 805 g/mol. The largest absolute Gasteiger partial charge is 0.437 e. The van der Waals surface area contributed by atoms with Crippen LogP contribution in [0.1, 0.15) is 71.2 Å². The molecule has 4 heterocycles. The van der Waals surface area contributed by atoms with E-state index in [-0.39, 0.29) is 12.1 Å². The SMILES string of the molecule is Cc1nc(Oc2ccccc2)c2nc(C)n(C(C)C(C#Cc3ccccc3)OC(C#Cc3ccccc3)C(C)n3c(C)nc4c(Oc5ccccc5)nc(C)c(C)c43)c2c1C. The van der Waals surface area contributed by atoms with Gasteiger partial charge in [0.25, 0.3) is 0 Å². The number of imidazole rings is 2. The molecule has 0 bridgehead atoms. The lowest BCUT2D eigenvalue weighted by Gasteiger charge is -2.30. The zero-order valence-corrected chi connectivity index (χ0v) is 35.8. The predicted molar refractivity (Wildman–Crippen MR) is 241 cm³/mol. The Morgan fingerprint density at radius 1 is 0.459 bits per heavy atom. The average Bonchev–Trinajstić information content (AvgIpc) is 3.82. The third kappa shape index (κ3) is 8.47. The highest BCUT2D eigenvalue weighted by Crippen LogP contribution is 2.37. The molecule has 8 aromatic rings. The first-order valence-electron chi connectivity index (χ1n) is 20.5. The van der Waals surface area contributed by atoms with E-state index < -0.39 is 12.2 Å². The minimum Gasteiger partial charge on any atom is -0.437 e. The molecule has 9 nitrogen and oxygen atoms in total. The van der Waals surface area contributed by atoms with Gasteiger partial charge in [0.2, 0.25) is 11.8 Å². The molecule has 0 amide bonds. The quantitative estimate of drug-likeness (QED) is 0.127. The Morgan fingerprint density at radius 3 is 1.16 bits per heavy atom. The molecule has 0 saturated carbocycles. The van der Waals surface area contributed by atoms with E-state index in [4.69, 9.17) is 34.1 Å². The van der Waals surface area contributed by atoms with Gasteiger partial charge in [-0.3, -0.25) is 0 Å². The Labute approximate surface area is 357 Å². The lowest BCUT2D eigenvalue weighted by atomic mass is 10.1. The van der Waals surface area contributed by atoms with Crippen molar-refractivity contribution in [1.29, 1.82) is 0 Å². The Hall–Kier alpha value is -7.20. The Kier molecular flexibility index (Phi) is 11.7. The summed E-state index contributed by atoms with van der Waals surface area (Å²) < 4.78 is 24.5. The second kappa shape index (κ2) is 17.6. The van der Waals surface area contributed by atoms with Crippen LogP contribution in [0.3, 0.4) is 0 Å².